The normalized spacial score (nSPS) is 12.3. The van der Waals surface area contributed by atoms with Crippen LogP contribution < -0.4 is 5.32 Å². The third kappa shape index (κ3) is 3.97. The van der Waals surface area contributed by atoms with Gasteiger partial charge in [-0.1, -0.05) is 11.6 Å². The summed E-state index contributed by atoms with van der Waals surface area (Å²) in [6.45, 7) is 2.52. The number of nitrogens with one attached hydrogen (secondary N) is 1. The van der Waals surface area contributed by atoms with Crippen LogP contribution in [0.25, 0.3) is 11.3 Å². The molecule has 1 atom stereocenters. The summed E-state index contributed by atoms with van der Waals surface area (Å²) in [5, 5.41) is 4.00. The largest absolute Gasteiger partial charge is 0.460 e. The van der Waals surface area contributed by atoms with Crippen molar-refractivity contribution in [2.45, 2.75) is 19.5 Å². The first-order valence-electron chi connectivity index (χ1n) is 7.31. The monoisotopic (exact) mass is 330 g/mol. The van der Waals surface area contributed by atoms with Crippen LogP contribution in [-0.2, 0) is 6.54 Å². The second-order valence-electron chi connectivity index (χ2n) is 5.29. The van der Waals surface area contributed by atoms with E-state index in [1.165, 1.54) is 12.3 Å². The second-order valence-corrected chi connectivity index (χ2v) is 5.72. The van der Waals surface area contributed by atoms with E-state index in [2.05, 4.69) is 10.3 Å². The fourth-order valence-corrected chi connectivity index (χ4v) is 2.43. The van der Waals surface area contributed by atoms with Gasteiger partial charge in [-0.3, -0.25) is 0 Å². The van der Waals surface area contributed by atoms with Gasteiger partial charge in [-0.2, -0.15) is 4.39 Å². The smallest absolute Gasteiger partial charge is 0.213 e. The molecule has 3 nitrogen and oxygen atoms in total. The highest BCUT2D eigenvalue weighted by Gasteiger charge is 2.09. The van der Waals surface area contributed by atoms with Crippen molar-refractivity contribution in [1.29, 1.82) is 0 Å². The third-order valence-corrected chi connectivity index (χ3v) is 3.88. The number of hydrogen-bond acceptors (Lipinski definition) is 3. The molecule has 0 fully saturated rings. The van der Waals surface area contributed by atoms with Gasteiger partial charge in [0.15, 0.2) is 0 Å². The number of benzene rings is 1. The van der Waals surface area contributed by atoms with Crippen molar-refractivity contribution in [2.24, 2.45) is 0 Å². The quantitative estimate of drug-likeness (QED) is 0.670. The van der Waals surface area contributed by atoms with E-state index < -0.39 is 5.95 Å². The van der Waals surface area contributed by atoms with Crippen molar-refractivity contribution < 1.29 is 8.81 Å². The van der Waals surface area contributed by atoms with Gasteiger partial charge in [0.2, 0.25) is 5.95 Å². The number of pyridine rings is 1. The summed E-state index contributed by atoms with van der Waals surface area (Å²) in [6, 6.07) is 14.6. The van der Waals surface area contributed by atoms with Crippen LogP contribution in [0.15, 0.2) is 59.1 Å². The average molecular weight is 331 g/mol. The molecule has 3 aromatic rings. The SMILES string of the molecule is CC(NCc1ccc(-c2ccc(Cl)cc2)o1)c1ccnc(F)c1. The molecule has 0 spiro atoms. The summed E-state index contributed by atoms with van der Waals surface area (Å²) < 4.78 is 19.0. The topological polar surface area (TPSA) is 38.1 Å². The number of halogens is 2. The maximum absolute atomic E-state index is 13.1. The summed E-state index contributed by atoms with van der Waals surface area (Å²) in [7, 11) is 0. The van der Waals surface area contributed by atoms with Crippen LogP contribution in [0.5, 0.6) is 0 Å². The molecule has 0 bridgehead atoms. The molecule has 2 aromatic heterocycles. The molecule has 2 heterocycles. The Morgan fingerprint density at radius 2 is 1.96 bits per heavy atom. The molecule has 23 heavy (non-hydrogen) atoms. The van der Waals surface area contributed by atoms with Crippen molar-refractivity contribution >= 4 is 11.6 Å². The van der Waals surface area contributed by atoms with Gasteiger partial charge >= 0.3 is 0 Å². The van der Waals surface area contributed by atoms with E-state index in [9.17, 15) is 4.39 Å². The van der Waals surface area contributed by atoms with Crippen LogP contribution in [0.2, 0.25) is 5.02 Å². The molecule has 1 N–H and O–H groups in total. The van der Waals surface area contributed by atoms with E-state index in [-0.39, 0.29) is 6.04 Å². The lowest BCUT2D eigenvalue weighted by Crippen LogP contribution is -2.17. The minimum absolute atomic E-state index is 0.00316. The Hall–Kier alpha value is -2.17. The fourth-order valence-electron chi connectivity index (χ4n) is 2.30. The van der Waals surface area contributed by atoms with Crippen molar-refractivity contribution in [2.75, 3.05) is 0 Å². The molecule has 0 radical (unpaired) electrons. The molecule has 0 aliphatic heterocycles. The summed E-state index contributed by atoms with van der Waals surface area (Å²) in [5.74, 6) is 1.14. The van der Waals surface area contributed by atoms with Gasteiger partial charge < -0.3 is 9.73 Å². The molecule has 0 aliphatic rings. The van der Waals surface area contributed by atoms with Crippen LogP contribution >= 0.6 is 11.6 Å². The summed E-state index contributed by atoms with van der Waals surface area (Å²) in [6.07, 6.45) is 1.47. The zero-order chi connectivity index (χ0) is 16.2. The van der Waals surface area contributed by atoms with Gasteiger partial charge in [-0.25, -0.2) is 4.98 Å². The van der Waals surface area contributed by atoms with E-state index in [0.29, 0.717) is 11.6 Å². The molecule has 118 valence electrons. The van der Waals surface area contributed by atoms with Crippen LogP contribution in [0.4, 0.5) is 4.39 Å². The van der Waals surface area contributed by atoms with Crippen molar-refractivity contribution in [3.05, 3.63) is 77.0 Å². The zero-order valence-electron chi connectivity index (χ0n) is 12.6. The Morgan fingerprint density at radius 1 is 1.17 bits per heavy atom. The predicted molar refractivity (Wildman–Crippen MR) is 88.6 cm³/mol. The number of rotatable bonds is 5. The van der Waals surface area contributed by atoms with Gasteiger partial charge in [0.05, 0.1) is 6.54 Å². The first-order valence-corrected chi connectivity index (χ1v) is 7.69. The maximum Gasteiger partial charge on any atom is 0.213 e. The third-order valence-electron chi connectivity index (χ3n) is 3.62. The number of hydrogen-bond donors (Lipinski definition) is 1. The number of nitrogens with zero attached hydrogens (tertiary/aromatic N) is 1. The lowest BCUT2D eigenvalue weighted by atomic mass is 10.1. The molecule has 0 amide bonds. The van der Waals surface area contributed by atoms with E-state index in [0.717, 1.165) is 22.6 Å². The van der Waals surface area contributed by atoms with Crippen molar-refractivity contribution in [3.63, 3.8) is 0 Å². The fraction of sp³-hybridized carbons (Fsp3) is 0.167. The highest BCUT2D eigenvalue weighted by molar-refractivity contribution is 6.30. The summed E-state index contributed by atoms with van der Waals surface area (Å²) >= 11 is 5.89. The second kappa shape index (κ2) is 6.94. The van der Waals surface area contributed by atoms with Crippen LogP contribution in [-0.4, -0.2) is 4.98 Å². The Kier molecular flexibility index (Phi) is 4.74. The first kappa shape index (κ1) is 15.7. The minimum Gasteiger partial charge on any atom is -0.460 e. The Morgan fingerprint density at radius 3 is 2.70 bits per heavy atom. The van der Waals surface area contributed by atoms with E-state index in [1.807, 2.05) is 43.3 Å². The van der Waals surface area contributed by atoms with E-state index in [4.69, 9.17) is 16.0 Å². The number of aromatic nitrogens is 1. The highest BCUT2D eigenvalue weighted by Crippen LogP contribution is 2.24. The van der Waals surface area contributed by atoms with Gasteiger partial charge in [0.1, 0.15) is 11.5 Å². The van der Waals surface area contributed by atoms with Crippen LogP contribution in [0, 0.1) is 5.95 Å². The Bertz CT molecular complexity index is 786. The average Bonchev–Trinajstić information content (AvgIpc) is 3.02. The molecule has 3 rings (SSSR count). The minimum atomic E-state index is -0.473. The molecule has 5 heteroatoms. The molecule has 0 saturated heterocycles. The lowest BCUT2D eigenvalue weighted by molar-refractivity contribution is 0.466. The molecular weight excluding hydrogens is 315 g/mol. The van der Waals surface area contributed by atoms with Gasteiger partial charge in [0.25, 0.3) is 0 Å². The Balaban J connectivity index is 1.64. The van der Waals surface area contributed by atoms with Crippen LogP contribution in [0.1, 0.15) is 24.3 Å². The maximum atomic E-state index is 13.1. The standard InChI is InChI=1S/C18H16ClFN2O/c1-12(14-8-9-21-18(20)10-14)22-11-16-6-7-17(23-16)13-2-4-15(19)5-3-13/h2-10,12,22H,11H2,1H3. The molecular formula is C18H16ClFN2O. The highest BCUT2D eigenvalue weighted by atomic mass is 35.5. The molecule has 1 unspecified atom stereocenters. The Labute approximate surface area is 139 Å². The van der Waals surface area contributed by atoms with E-state index >= 15 is 0 Å². The lowest BCUT2D eigenvalue weighted by Gasteiger charge is -2.12. The van der Waals surface area contributed by atoms with Gasteiger partial charge in [0, 0.05) is 22.8 Å². The zero-order valence-corrected chi connectivity index (χ0v) is 13.3. The van der Waals surface area contributed by atoms with Crippen molar-refractivity contribution in [3.8, 4) is 11.3 Å². The van der Waals surface area contributed by atoms with Gasteiger partial charge in [-0.05, 0) is 61.0 Å². The van der Waals surface area contributed by atoms with E-state index in [1.54, 1.807) is 6.07 Å². The number of furan rings is 1. The van der Waals surface area contributed by atoms with Crippen molar-refractivity contribution in [1.82, 2.24) is 10.3 Å². The van der Waals surface area contributed by atoms with Crippen LogP contribution in [0.3, 0.4) is 0 Å². The first-order chi connectivity index (χ1) is 11.1. The summed E-state index contributed by atoms with van der Waals surface area (Å²) in [4.78, 5) is 3.56. The molecule has 1 aromatic carbocycles. The molecule has 0 aliphatic carbocycles. The predicted octanol–water partition coefficient (Wildman–Crippen LogP) is 4.98. The summed E-state index contributed by atoms with van der Waals surface area (Å²) in [5.41, 5.74) is 1.83. The van der Waals surface area contributed by atoms with Gasteiger partial charge in [-0.15, -0.1) is 0 Å². The molecule has 0 saturated carbocycles.